The van der Waals surface area contributed by atoms with Crippen molar-refractivity contribution in [1.29, 1.82) is 0 Å². The molecule has 1 saturated heterocycles. The minimum Gasteiger partial charge on any atom is -0.481 e. The number of nitrogens with zero attached hydrogens (tertiary/aromatic N) is 1. The highest BCUT2D eigenvalue weighted by molar-refractivity contribution is 5.79. The molecule has 1 fully saturated rings. The van der Waals surface area contributed by atoms with Crippen molar-refractivity contribution in [3.63, 3.8) is 0 Å². The largest absolute Gasteiger partial charge is 0.481 e. The molecule has 0 aromatic heterocycles. The normalized spacial score (nSPS) is 21.7. The van der Waals surface area contributed by atoms with Crippen LogP contribution in [0.25, 0.3) is 0 Å². The van der Waals surface area contributed by atoms with Crippen LogP contribution in [0, 0.1) is 0 Å². The van der Waals surface area contributed by atoms with Gasteiger partial charge in [-0.05, 0) is 29.9 Å². The summed E-state index contributed by atoms with van der Waals surface area (Å²) in [5.74, 6) is -0.763. The second kappa shape index (κ2) is 8.29. The van der Waals surface area contributed by atoms with Gasteiger partial charge in [-0.3, -0.25) is 9.59 Å². The minimum atomic E-state index is -0.877. The van der Waals surface area contributed by atoms with Crippen molar-refractivity contribution < 1.29 is 19.4 Å². The summed E-state index contributed by atoms with van der Waals surface area (Å²) in [7, 11) is 1.61. The average Bonchev–Trinajstić information content (AvgIpc) is 2.97. The van der Waals surface area contributed by atoms with Gasteiger partial charge in [-0.1, -0.05) is 38.1 Å². The Kier molecular flexibility index (Phi) is 6.37. The molecule has 1 aliphatic rings. The fourth-order valence-corrected chi connectivity index (χ4v) is 3.32. The number of carbonyl (C=O) groups is 2. The van der Waals surface area contributed by atoms with Gasteiger partial charge in [0, 0.05) is 26.1 Å². The number of methoxy groups -OCH3 is 1. The number of carboxylic acids is 1. The van der Waals surface area contributed by atoms with Gasteiger partial charge in [0.15, 0.2) is 0 Å². The standard InChI is InChI=1S/C19H27NO4/c1-4-14-5-7-15(8-6-14)13(2)9-18(21)20-12-17(24-3)10-16(20)11-19(22)23/h5-8,13,16-17H,4,9-12H2,1-3H3,(H,22,23). The van der Waals surface area contributed by atoms with E-state index in [2.05, 4.69) is 31.2 Å². The molecule has 0 spiro atoms. The zero-order valence-corrected chi connectivity index (χ0v) is 14.7. The first kappa shape index (κ1) is 18.5. The molecule has 1 amide bonds. The summed E-state index contributed by atoms with van der Waals surface area (Å²) in [5, 5.41) is 9.06. The lowest BCUT2D eigenvalue weighted by atomic mass is 9.95. The van der Waals surface area contributed by atoms with Crippen molar-refractivity contribution in [2.45, 2.75) is 57.6 Å². The number of rotatable bonds is 7. The minimum absolute atomic E-state index is 0.00729. The quantitative estimate of drug-likeness (QED) is 0.833. The van der Waals surface area contributed by atoms with Gasteiger partial charge in [0.25, 0.3) is 0 Å². The zero-order chi connectivity index (χ0) is 17.7. The monoisotopic (exact) mass is 333 g/mol. The third-order valence-corrected chi connectivity index (χ3v) is 4.88. The maximum absolute atomic E-state index is 12.7. The van der Waals surface area contributed by atoms with Crippen molar-refractivity contribution in [2.24, 2.45) is 0 Å². The van der Waals surface area contributed by atoms with E-state index in [1.165, 1.54) is 5.56 Å². The molecule has 0 radical (unpaired) electrons. The molecule has 1 aliphatic heterocycles. The molecule has 1 aromatic carbocycles. The molecule has 0 bridgehead atoms. The predicted octanol–water partition coefficient (Wildman–Crippen LogP) is 2.83. The van der Waals surface area contributed by atoms with Gasteiger partial charge in [-0.2, -0.15) is 0 Å². The molecule has 0 saturated carbocycles. The van der Waals surface area contributed by atoms with Gasteiger partial charge < -0.3 is 14.7 Å². The SMILES string of the molecule is CCc1ccc(C(C)CC(=O)N2CC(OC)CC2CC(=O)O)cc1. The van der Waals surface area contributed by atoms with E-state index in [4.69, 9.17) is 9.84 Å². The Morgan fingerprint density at radius 2 is 2.00 bits per heavy atom. The van der Waals surface area contributed by atoms with Crippen molar-refractivity contribution in [2.75, 3.05) is 13.7 Å². The molecule has 2 rings (SSSR count). The zero-order valence-electron chi connectivity index (χ0n) is 14.7. The molecule has 5 nitrogen and oxygen atoms in total. The van der Waals surface area contributed by atoms with Gasteiger partial charge in [0.2, 0.25) is 5.91 Å². The lowest BCUT2D eigenvalue weighted by Crippen LogP contribution is -2.37. The van der Waals surface area contributed by atoms with E-state index in [1.807, 2.05) is 6.92 Å². The van der Waals surface area contributed by atoms with Crippen LogP contribution in [0.3, 0.4) is 0 Å². The molecule has 1 aromatic rings. The van der Waals surface area contributed by atoms with Crippen molar-refractivity contribution in [1.82, 2.24) is 4.90 Å². The summed E-state index contributed by atoms with van der Waals surface area (Å²) < 4.78 is 5.33. The predicted molar refractivity (Wildman–Crippen MR) is 92.0 cm³/mol. The highest BCUT2D eigenvalue weighted by atomic mass is 16.5. The first-order valence-corrected chi connectivity index (χ1v) is 8.57. The van der Waals surface area contributed by atoms with Crippen molar-refractivity contribution >= 4 is 11.9 Å². The Labute approximate surface area is 143 Å². The summed E-state index contributed by atoms with van der Waals surface area (Å²) in [6, 6.07) is 8.08. The number of benzene rings is 1. The first-order chi connectivity index (χ1) is 11.4. The second-order valence-corrected chi connectivity index (χ2v) is 6.59. The van der Waals surface area contributed by atoms with Gasteiger partial charge in [-0.25, -0.2) is 0 Å². The third kappa shape index (κ3) is 4.57. The molecule has 0 aliphatic carbocycles. The van der Waals surface area contributed by atoms with E-state index in [9.17, 15) is 9.59 Å². The molecular weight excluding hydrogens is 306 g/mol. The molecule has 3 unspecified atom stereocenters. The lowest BCUT2D eigenvalue weighted by molar-refractivity contribution is -0.140. The molecular formula is C19H27NO4. The topological polar surface area (TPSA) is 66.8 Å². The molecule has 3 atom stereocenters. The highest BCUT2D eigenvalue weighted by Gasteiger charge is 2.36. The van der Waals surface area contributed by atoms with E-state index in [1.54, 1.807) is 12.0 Å². The van der Waals surface area contributed by atoms with Crippen LogP contribution in [0.1, 0.15) is 50.2 Å². The van der Waals surface area contributed by atoms with Crippen LogP contribution in [-0.4, -0.2) is 47.7 Å². The molecule has 24 heavy (non-hydrogen) atoms. The Morgan fingerprint density at radius 3 is 2.54 bits per heavy atom. The van der Waals surface area contributed by atoms with E-state index in [-0.39, 0.29) is 30.4 Å². The molecule has 1 heterocycles. The maximum Gasteiger partial charge on any atom is 0.305 e. The number of carbonyl (C=O) groups excluding carboxylic acids is 1. The van der Waals surface area contributed by atoms with Gasteiger partial charge in [-0.15, -0.1) is 0 Å². The lowest BCUT2D eigenvalue weighted by Gasteiger charge is -2.25. The van der Waals surface area contributed by atoms with Crippen LogP contribution in [0.15, 0.2) is 24.3 Å². The Morgan fingerprint density at radius 1 is 1.33 bits per heavy atom. The number of aryl methyl sites for hydroxylation is 1. The number of hydrogen-bond donors (Lipinski definition) is 1. The first-order valence-electron chi connectivity index (χ1n) is 8.57. The van der Waals surface area contributed by atoms with E-state index in [0.717, 1.165) is 12.0 Å². The smallest absolute Gasteiger partial charge is 0.305 e. The van der Waals surface area contributed by atoms with E-state index in [0.29, 0.717) is 19.4 Å². The van der Waals surface area contributed by atoms with Crippen LogP contribution < -0.4 is 0 Å². The maximum atomic E-state index is 12.7. The molecule has 5 heteroatoms. The van der Waals surface area contributed by atoms with Crippen LogP contribution in [-0.2, 0) is 20.7 Å². The summed E-state index contributed by atoms with van der Waals surface area (Å²) in [5.41, 5.74) is 2.42. The van der Waals surface area contributed by atoms with Crippen LogP contribution in [0.5, 0.6) is 0 Å². The Bertz CT molecular complexity index is 569. The third-order valence-electron chi connectivity index (χ3n) is 4.88. The average molecular weight is 333 g/mol. The van der Waals surface area contributed by atoms with Crippen molar-refractivity contribution in [3.05, 3.63) is 35.4 Å². The van der Waals surface area contributed by atoms with Crippen LogP contribution in [0.4, 0.5) is 0 Å². The highest BCUT2D eigenvalue weighted by Crippen LogP contribution is 2.27. The Balaban J connectivity index is 2.01. The molecule has 132 valence electrons. The number of ether oxygens (including phenoxy) is 1. The number of carboxylic acid groups (broad SMARTS) is 1. The fourth-order valence-electron chi connectivity index (χ4n) is 3.32. The number of aliphatic carboxylic acids is 1. The second-order valence-electron chi connectivity index (χ2n) is 6.59. The number of amides is 1. The Hall–Kier alpha value is -1.88. The number of hydrogen-bond acceptors (Lipinski definition) is 3. The fraction of sp³-hybridized carbons (Fsp3) is 0.579. The summed E-state index contributed by atoms with van der Waals surface area (Å²) in [4.78, 5) is 25.4. The van der Waals surface area contributed by atoms with E-state index >= 15 is 0 Å². The van der Waals surface area contributed by atoms with Gasteiger partial charge in [0.1, 0.15) is 0 Å². The summed E-state index contributed by atoms with van der Waals surface area (Å²) >= 11 is 0. The van der Waals surface area contributed by atoms with Gasteiger partial charge >= 0.3 is 5.97 Å². The van der Waals surface area contributed by atoms with E-state index < -0.39 is 5.97 Å². The molecule has 1 N–H and O–H groups in total. The summed E-state index contributed by atoms with van der Waals surface area (Å²) in [6.45, 7) is 4.63. The number of likely N-dealkylation sites (tertiary alicyclic amines) is 1. The van der Waals surface area contributed by atoms with Crippen LogP contribution in [0.2, 0.25) is 0 Å². The van der Waals surface area contributed by atoms with Gasteiger partial charge in [0.05, 0.1) is 12.5 Å². The van der Waals surface area contributed by atoms with Crippen molar-refractivity contribution in [3.8, 4) is 0 Å². The summed E-state index contributed by atoms with van der Waals surface area (Å²) in [6.07, 6.45) is 1.88. The van der Waals surface area contributed by atoms with Crippen LogP contribution >= 0.6 is 0 Å².